The quantitative estimate of drug-likeness (QED) is 0.880. The summed E-state index contributed by atoms with van der Waals surface area (Å²) in [4.78, 5) is 14.0. The van der Waals surface area contributed by atoms with Crippen LogP contribution in [0.15, 0.2) is 18.2 Å². The lowest BCUT2D eigenvalue weighted by molar-refractivity contribution is -0.129. The van der Waals surface area contributed by atoms with Crippen LogP contribution in [0.25, 0.3) is 0 Å². The first-order chi connectivity index (χ1) is 9.15. The van der Waals surface area contributed by atoms with Crippen molar-refractivity contribution in [3.05, 3.63) is 34.3 Å². The van der Waals surface area contributed by atoms with Crippen LogP contribution >= 0.6 is 11.6 Å². The highest BCUT2D eigenvalue weighted by Crippen LogP contribution is 2.21. The summed E-state index contributed by atoms with van der Waals surface area (Å²) in [6.07, 6.45) is 0.810. The highest BCUT2D eigenvalue weighted by molar-refractivity contribution is 6.31. The Morgan fingerprint density at radius 3 is 2.95 bits per heavy atom. The van der Waals surface area contributed by atoms with Gasteiger partial charge in [0.2, 0.25) is 5.91 Å². The van der Waals surface area contributed by atoms with Crippen LogP contribution in [0, 0.1) is 0 Å². The molecule has 19 heavy (non-hydrogen) atoms. The van der Waals surface area contributed by atoms with Gasteiger partial charge in [-0.2, -0.15) is 0 Å². The number of nitrogens with one attached hydrogen (secondary N) is 1. The second-order valence-corrected chi connectivity index (χ2v) is 5.22. The maximum Gasteiger partial charge on any atom is 0.237 e. The van der Waals surface area contributed by atoms with Crippen molar-refractivity contribution in [1.82, 2.24) is 10.2 Å². The Balaban J connectivity index is 2.13. The summed E-state index contributed by atoms with van der Waals surface area (Å²) in [7, 11) is 0. The molecule has 1 aliphatic heterocycles. The predicted octanol–water partition coefficient (Wildman–Crippen LogP) is 1.51. The minimum absolute atomic E-state index is 0.0565. The number of carbonyl (C=O) groups is 1. The summed E-state index contributed by atoms with van der Waals surface area (Å²) in [5.41, 5.74) is 7.67. The van der Waals surface area contributed by atoms with Gasteiger partial charge in [0, 0.05) is 31.2 Å². The van der Waals surface area contributed by atoms with Crippen molar-refractivity contribution < 1.29 is 4.79 Å². The van der Waals surface area contributed by atoms with E-state index in [1.54, 1.807) is 0 Å². The second kappa shape index (κ2) is 6.37. The van der Waals surface area contributed by atoms with E-state index in [-0.39, 0.29) is 11.9 Å². The van der Waals surface area contributed by atoms with Crippen LogP contribution in [0.2, 0.25) is 5.02 Å². The first kappa shape index (κ1) is 14.3. The van der Waals surface area contributed by atoms with Crippen LogP contribution in [0.4, 0.5) is 0 Å². The van der Waals surface area contributed by atoms with Gasteiger partial charge in [0.15, 0.2) is 0 Å². The fraction of sp³-hybridized carbons (Fsp3) is 0.500. The van der Waals surface area contributed by atoms with E-state index in [0.717, 1.165) is 29.1 Å². The van der Waals surface area contributed by atoms with Gasteiger partial charge in [-0.1, -0.05) is 30.7 Å². The number of carbonyl (C=O) groups excluding carboxylic acids is 1. The van der Waals surface area contributed by atoms with Gasteiger partial charge in [-0.05, 0) is 23.6 Å². The number of amides is 1. The zero-order valence-corrected chi connectivity index (χ0v) is 11.9. The minimum atomic E-state index is -0.0565. The van der Waals surface area contributed by atoms with E-state index < -0.39 is 0 Å². The van der Waals surface area contributed by atoms with Crippen LogP contribution in [0.3, 0.4) is 0 Å². The molecule has 0 bridgehead atoms. The number of piperazine rings is 1. The Hall–Kier alpha value is -1.10. The molecule has 0 aromatic heterocycles. The van der Waals surface area contributed by atoms with Crippen molar-refractivity contribution in [1.29, 1.82) is 0 Å². The summed E-state index contributed by atoms with van der Waals surface area (Å²) in [5.74, 6) is 0.114. The molecule has 0 saturated carbocycles. The monoisotopic (exact) mass is 281 g/mol. The van der Waals surface area contributed by atoms with E-state index in [9.17, 15) is 4.79 Å². The topological polar surface area (TPSA) is 58.4 Å². The molecule has 1 heterocycles. The summed E-state index contributed by atoms with van der Waals surface area (Å²) in [6.45, 7) is 4.79. The molecule has 1 aliphatic rings. The molecule has 1 saturated heterocycles. The number of benzene rings is 1. The van der Waals surface area contributed by atoms with Crippen molar-refractivity contribution >= 4 is 17.5 Å². The highest BCUT2D eigenvalue weighted by atomic mass is 35.5. The van der Waals surface area contributed by atoms with Crippen molar-refractivity contribution in [2.75, 3.05) is 13.1 Å². The number of rotatable bonds is 4. The lowest BCUT2D eigenvalue weighted by atomic mass is 10.1. The Bertz CT molecular complexity index is 464. The molecule has 0 spiro atoms. The molecular formula is C14H20ClN3O. The van der Waals surface area contributed by atoms with Crippen LogP contribution in [-0.2, 0) is 17.9 Å². The van der Waals surface area contributed by atoms with E-state index in [0.29, 0.717) is 19.6 Å². The zero-order chi connectivity index (χ0) is 13.8. The van der Waals surface area contributed by atoms with Crippen LogP contribution in [-0.4, -0.2) is 29.9 Å². The van der Waals surface area contributed by atoms with Gasteiger partial charge in [-0.3, -0.25) is 9.69 Å². The van der Waals surface area contributed by atoms with Crippen molar-refractivity contribution in [2.45, 2.75) is 32.5 Å². The van der Waals surface area contributed by atoms with E-state index >= 15 is 0 Å². The van der Waals surface area contributed by atoms with Crippen LogP contribution in [0.1, 0.15) is 24.5 Å². The second-order valence-electron chi connectivity index (χ2n) is 4.82. The van der Waals surface area contributed by atoms with Crippen LogP contribution < -0.4 is 11.1 Å². The Morgan fingerprint density at radius 2 is 2.32 bits per heavy atom. The Morgan fingerprint density at radius 1 is 1.53 bits per heavy atom. The van der Waals surface area contributed by atoms with E-state index in [2.05, 4.69) is 10.2 Å². The summed E-state index contributed by atoms with van der Waals surface area (Å²) in [5, 5.41) is 3.63. The standard InChI is InChI=1S/C14H20ClN3O/c1-2-13-14(19)17-5-6-18(13)9-11-4-3-10(8-16)7-12(11)15/h3-4,7,13H,2,5-6,8-9,16H2,1H3,(H,17,19). The van der Waals surface area contributed by atoms with E-state index in [1.165, 1.54) is 0 Å². The fourth-order valence-corrected chi connectivity index (χ4v) is 2.72. The van der Waals surface area contributed by atoms with Gasteiger partial charge in [-0.15, -0.1) is 0 Å². The van der Waals surface area contributed by atoms with Gasteiger partial charge in [0.1, 0.15) is 0 Å². The molecule has 1 aromatic rings. The smallest absolute Gasteiger partial charge is 0.237 e. The van der Waals surface area contributed by atoms with E-state index in [1.807, 2.05) is 25.1 Å². The van der Waals surface area contributed by atoms with Crippen molar-refractivity contribution in [2.24, 2.45) is 5.73 Å². The van der Waals surface area contributed by atoms with Gasteiger partial charge in [0.25, 0.3) is 0 Å². The molecule has 0 radical (unpaired) electrons. The van der Waals surface area contributed by atoms with Gasteiger partial charge < -0.3 is 11.1 Å². The summed E-state index contributed by atoms with van der Waals surface area (Å²) < 4.78 is 0. The number of nitrogens with zero attached hydrogens (tertiary/aromatic N) is 1. The third kappa shape index (κ3) is 3.26. The number of halogens is 1. The average Bonchev–Trinajstić information content (AvgIpc) is 2.41. The number of hydrogen-bond acceptors (Lipinski definition) is 3. The largest absolute Gasteiger partial charge is 0.353 e. The molecule has 104 valence electrons. The molecule has 1 fully saturated rings. The fourth-order valence-electron chi connectivity index (χ4n) is 2.46. The maximum atomic E-state index is 11.8. The first-order valence-corrected chi connectivity index (χ1v) is 7.02. The molecule has 1 unspecified atom stereocenters. The molecule has 1 amide bonds. The summed E-state index contributed by atoms with van der Waals surface area (Å²) in [6, 6.07) is 5.84. The third-order valence-electron chi connectivity index (χ3n) is 3.55. The van der Waals surface area contributed by atoms with E-state index in [4.69, 9.17) is 17.3 Å². The number of nitrogens with two attached hydrogens (primary N) is 1. The molecule has 5 heteroatoms. The van der Waals surface area contributed by atoms with Crippen molar-refractivity contribution in [3.8, 4) is 0 Å². The van der Waals surface area contributed by atoms with Crippen LogP contribution in [0.5, 0.6) is 0 Å². The molecule has 3 N–H and O–H groups in total. The minimum Gasteiger partial charge on any atom is -0.353 e. The molecule has 4 nitrogen and oxygen atoms in total. The summed E-state index contributed by atoms with van der Waals surface area (Å²) >= 11 is 6.27. The molecule has 2 rings (SSSR count). The Kier molecular flexibility index (Phi) is 4.80. The first-order valence-electron chi connectivity index (χ1n) is 6.64. The average molecular weight is 282 g/mol. The molecule has 1 atom stereocenters. The lowest BCUT2D eigenvalue weighted by Crippen LogP contribution is -2.54. The normalized spacial score (nSPS) is 20.4. The Labute approximate surface area is 118 Å². The van der Waals surface area contributed by atoms with Gasteiger partial charge >= 0.3 is 0 Å². The highest BCUT2D eigenvalue weighted by Gasteiger charge is 2.28. The number of hydrogen-bond donors (Lipinski definition) is 2. The van der Waals surface area contributed by atoms with Gasteiger partial charge in [-0.25, -0.2) is 0 Å². The molecule has 0 aliphatic carbocycles. The molecule has 1 aromatic carbocycles. The third-order valence-corrected chi connectivity index (χ3v) is 3.91. The SMILES string of the molecule is CCC1C(=O)NCCN1Cc1ccc(CN)cc1Cl. The zero-order valence-electron chi connectivity index (χ0n) is 11.2. The predicted molar refractivity (Wildman–Crippen MR) is 76.8 cm³/mol. The van der Waals surface area contributed by atoms with Gasteiger partial charge in [0.05, 0.1) is 6.04 Å². The maximum absolute atomic E-state index is 11.8. The molecular weight excluding hydrogens is 262 g/mol. The lowest BCUT2D eigenvalue weighted by Gasteiger charge is -2.34. The van der Waals surface area contributed by atoms with Crippen molar-refractivity contribution in [3.63, 3.8) is 0 Å².